The number of rotatable bonds is 13. The fraction of sp³-hybridized carbons (Fsp3) is 0.360. The van der Waals surface area contributed by atoms with Gasteiger partial charge in [0.05, 0.1) is 6.20 Å². The van der Waals surface area contributed by atoms with Crippen LogP contribution < -0.4 is 21.3 Å². The summed E-state index contributed by atoms with van der Waals surface area (Å²) in [5.41, 5.74) is 5.51. The largest absolute Gasteiger partial charge is 0.573 e. The van der Waals surface area contributed by atoms with Gasteiger partial charge in [0, 0.05) is 49.8 Å². The lowest BCUT2D eigenvalue weighted by molar-refractivity contribution is -0.274. The number of unbranched alkanes of at least 4 members (excludes halogenated alkanes) is 1. The summed E-state index contributed by atoms with van der Waals surface area (Å²) in [7, 11) is 0. The molecule has 3 rings (SSSR count). The van der Waals surface area contributed by atoms with Gasteiger partial charge in [-0.15, -0.1) is 18.3 Å². The molecule has 2 aromatic heterocycles. The minimum atomic E-state index is -4.81. The van der Waals surface area contributed by atoms with E-state index in [1.54, 1.807) is 13.0 Å². The van der Waals surface area contributed by atoms with Crippen molar-refractivity contribution in [3.05, 3.63) is 76.0 Å². The van der Waals surface area contributed by atoms with E-state index in [0.717, 1.165) is 6.07 Å². The number of amides is 2. The molecule has 0 radical (unpaired) electrons. The molecular formula is C25H27F3N6O5. The Balaban J connectivity index is 1.44. The standard InChI is InChI=1S/C25H27F3N6O5/c1-16(23(29)37)11-21(35)18-7-10-33(22(36)13-18)8-2-3-9-34-15-20(31-32-34)24(38)30-14-17-5-4-6-19(12-17)39-25(26,27)28/h4-7,10,12-13,15-16H,2-3,8-9,11,14H2,1H3,(H2,29,37)(H,30,38)/t16-/m1/s1. The number of hydrogen-bond acceptors (Lipinski definition) is 7. The van der Waals surface area contributed by atoms with E-state index in [2.05, 4.69) is 20.4 Å². The molecule has 0 bridgehead atoms. The summed E-state index contributed by atoms with van der Waals surface area (Å²) in [6.07, 6.45) is -0.704. The van der Waals surface area contributed by atoms with E-state index in [1.807, 2.05) is 0 Å². The number of alkyl halides is 3. The van der Waals surface area contributed by atoms with Crippen molar-refractivity contribution >= 4 is 17.6 Å². The van der Waals surface area contributed by atoms with Gasteiger partial charge >= 0.3 is 6.36 Å². The quantitative estimate of drug-likeness (QED) is 0.246. The van der Waals surface area contributed by atoms with Crippen molar-refractivity contribution in [1.29, 1.82) is 0 Å². The Morgan fingerprint density at radius 1 is 1.13 bits per heavy atom. The lowest BCUT2D eigenvalue weighted by Gasteiger charge is -2.10. The van der Waals surface area contributed by atoms with Crippen molar-refractivity contribution < 1.29 is 32.3 Å². The van der Waals surface area contributed by atoms with Gasteiger partial charge in [0.15, 0.2) is 11.5 Å². The maximum atomic E-state index is 12.4. The van der Waals surface area contributed by atoms with Crippen LogP contribution in [-0.4, -0.2) is 43.5 Å². The number of nitrogens with two attached hydrogens (primary N) is 1. The molecule has 0 saturated heterocycles. The molecule has 0 aliphatic carbocycles. The van der Waals surface area contributed by atoms with E-state index in [0.29, 0.717) is 31.5 Å². The molecule has 0 aliphatic heterocycles. The number of pyridine rings is 1. The van der Waals surface area contributed by atoms with Crippen molar-refractivity contribution in [2.75, 3.05) is 0 Å². The number of nitrogens with zero attached hydrogens (tertiary/aromatic N) is 4. The molecule has 0 fully saturated rings. The van der Waals surface area contributed by atoms with Crippen LogP contribution in [0.25, 0.3) is 0 Å². The number of halogens is 3. The number of nitrogens with one attached hydrogen (secondary N) is 1. The molecule has 1 atom stereocenters. The second-order valence-corrected chi connectivity index (χ2v) is 8.83. The van der Waals surface area contributed by atoms with Gasteiger partial charge in [0.2, 0.25) is 5.91 Å². The third kappa shape index (κ3) is 9.09. The number of ketones is 1. The van der Waals surface area contributed by atoms with E-state index in [1.165, 1.54) is 45.9 Å². The zero-order valence-electron chi connectivity index (χ0n) is 21.0. The van der Waals surface area contributed by atoms with Gasteiger partial charge < -0.3 is 20.4 Å². The van der Waals surface area contributed by atoms with Crippen molar-refractivity contribution in [2.45, 2.75) is 52.2 Å². The number of Topliss-reactive ketones (excluding diaryl/α,β-unsaturated/α-hetero) is 1. The maximum Gasteiger partial charge on any atom is 0.573 e. The first-order valence-electron chi connectivity index (χ1n) is 12.0. The Bertz CT molecular complexity index is 1380. The van der Waals surface area contributed by atoms with Gasteiger partial charge in [-0.1, -0.05) is 24.3 Å². The fourth-order valence-corrected chi connectivity index (χ4v) is 3.56. The molecule has 3 aromatic rings. The number of carbonyl (C=O) groups excluding carboxylic acids is 3. The van der Waals surface area contributed by atoms with Crippen molar-refractivity contribution in [2.24, 2.45) is 11.7 Å². The number of aryl methyl sites for hydroxylation is 2. The molecule has 11 nitrogen and oxygen atoms in total. The van der Waals surface area contributed by atoms with Crippen LogP contribution in [0.2, 0.25) is 0 Å². The highest BCUT2D eigenvalue weighted by atomic mass is 19.4. The van der Waals surface area contributed by atoms with Crippen LogP contribution >= 0.6 is 0 Å². The summed E-state index contributed by atoms with van der Waals surface area (Å²) in [5.74, 6) is -2.47. The molecule has 0 unspecified atom stereocenters. The topological polar surface area (TPSA) is 151 Å². The van der Waals surface area contributed by atoms with Gasteiger partial charge in [-0.05, 0) is 36.6 Å². The average molecular weight is 549 g/mol. The average Bonchev–Trinajstić information content (AvgIpc) is 3.34. The third-order valence-corrected chi connectivity index (χ3v) is 5.69. The Morgan fingerprint density at radius 3 is 2.56 bits per heavy atom. The van der Waals surface area contributed by atoms with Crippen LogP contribution in [0, 0.1) is 5.92 Å². The van der Waals surface area contributed by atoms with Gasteiger partial charge in [-0.25, -0.2) is 0 Å². The predicted molar refractivity (Wildman–Crippen MR) is 132 cm³/mol. The lowest BCUT2D eigenvalue weighted by Crippen LogP contribution is -2.24. The molecule has 0 aliphatic rings. The summed E-state index contributed by atoms with van der Waals surface area (Å²) in [6.45, 7) is 2.33. The molecule has 14 heteroatoms. The monoisotopic (exact) mass is 548 g/mol. The first-order valence-corrected chi connectivity index (χ1v) is 12.0. The Morgan fingerprint density at radius 2 is 1.87 bits per heavy atom. The predicted octanol–water partition coefficient (Wildman–Crippen LogP) is 2.44. The summed E-state index contributed by atoms with van der Waals surface area (Å²) < 4.78 is 43.9. The Kier molecular flexibility index (Phi) is 9.57. The maximum absolute atomic E-state index is 12.4. The minimum absolute atomic E-state index is 0.0376. The molecule has 0 saturated carbocycles. The fourth-order valence-electron chi connectivity index (χ4n) is 3.56. The molecule has 2 heterocycles. The van der Waals surface area contributed by atoms with Crippen LogP contribution in [0.15, 0.2) is 53.6 Å². The molecular weight excluding hydrogens is 521 g/mol. The lowest BCUT2D eigenvalue weighted by atomic mass is 10.00. The van der Waals surface area contributed by atoms with Gasteiger partial charge in [-0.3, -0.25) is 23.9 Å². The van der Waals surface area contributed by atoms with Crippen LogP contribution in [-0.2, 0) is 24.4 Å². The van der Waals surface area contributed by atoms with Crippen molar-refractivity contribution in [3.63, 3.8) is 0 Å². The second-order valence-electron chi connectivity index (χ2n) is 8.83. The van der Waals surface area contributed by atoms with E-state index in [9.17, 15) is 32.3 Å². The molecule has 2 amide bonds. The summed E-state index contributed by atoms with van der Waals surface area (Å²) in [4.78, 5) is 48.0. The molecule has 1 aromatic carbocycles. The third-order valence-electron chi connectivity index (χ3n) is 5.69. The summed E-state index contributed by atoms with van der Waals surface area (Å²) >= 11 is 0. The Labute approximate surface area is 220 Å². The Hall–Kier alpha value is -4.49. The zero-order chi connectivity index (χ0) is 28.6. The number of primary amides is 1. The van der Waals surface area contributed by atoms with E-state index in [-0.39, 0.29) is 41.3 Å². The molecule has 208 valence electrons. The molecule has 3 N–H and O–H groups in total. The van der Waals surface area contributed by atoms with Crippen LogP contribution in [0.3, 0.4) is 0 Å². The number of aromatic nitrogens is 4. The highest BCUT2D eigenvalue weighted by Gasteiger charge is 2.31. The first-order chi connectivity index (χ1) is 18.4. The smallest absolute Gasteiger partial charge is 0.406 e. The second kappa shape index (κ2) is 12.8. The minimum Gasteiger partial charge on any atom is -0.406 e. The van der Waals surface area contributed by atoms with Crippen molar-refractivity contribution in [3.8, 4) is 5.75 Å². The molecule has 39 heavy (non-hydrogen) atoms. The van der Waals surface area contributed by atoms with E-state index in [4.69, 9.17) is 5.73 Å². The number of ether oxygens (including phenoxy) is 1. The van der Waals surface area contributed by atoms with E-state index >= 15 is 0 Å². The van der Waals surface area contributed by atoms with Crippen LogP contribution in [0.1, 0.15) is 52.6 Å². The van der Waals surface area contributed by atoms with Crippen LogP contribution in [0.4, 0.5) is 13.2 Å². The highest BCUT2D eigenvalue weighted by molar-refractivity contribution is 5.98. The SMILES string of the molecule is C[C@H](CC(=O)c1ccn(CCCCn2cc(C(=O)NCc3cccc(OC(F)(F)F)c3)nn2)c(=O)c1)C(N)=O. The number of hydrogen-bond donors (Lipinski definition) is 2. The summed E-state index contributed by atoms with van der Waals surface area (Å²) in [5, 5.41) is 10.3. The number of carbonyl (C=O) groups is 3. The molecule has 0 spiro atoms. The zero-order valence-corrected chi connectivity index (χ0v) is 21.0. The van der Waals surface area contributed by atoms with E-state index < -0.39 is 24.1 Å². The van der Waals surface area contributed by atoms with Gasteiger partial charge in [-0.2, -0.15) is 0 Å². The van der Waals surface area contributed by atoms with Crippen LogP contribution in [0.5, 0.6) is 5.75 Å². The first kappa shape index (κ1) is 29.1. The van der Waals surface area contributed by atoms with Gasteiger partial charge in [0.25, 0.3) is 11.5 Å². The van der Waals surface area contributed by atoms with Crippen molar-refractivity contribution in [1.82, 2.24) is 24.9 Å². The number of benzene rings is 1. The summed E-state index contributed by atoms with van der Waals surface area (Å²) in [6, 6.07) is 8.02. The normalized spacial score (nSPS) is 12.1. The highest BCUT2D eigenvalue weighted by Crippen LogP contribution is 2.23. The van der Waals surface area contributed by atoms with Gasteiger partial charge in [0.1, 0.15) is 5.75 Å².